The average molecular weight is 1090 g/mol. The van der Waals surface area contributed by atoms with Crippen molar-refractivity contribution in [3.63, 3.8) is 0 Å². The first-order valence-electron chi connectivity index (χ1n) is 18.0. The summed E-state index contributed by atoms with van der Waals surface area (Å²) in [5.41, 5.74) is 16.5. The predicted molar refractivity (Wildman–Crippen MR) is 219 cm³/mol. The molecule has 8 nitrogen and oxygen atoms in total. The molecule has 10 heteroatoms. The molecule has 56 heavy (non-hydrogen) atoms. The van der Waals surface area contributed by atoms with Crippen LogP contribution in [0.5, 0.6) is 0 Å². The molecule has 0 unspecified atom stereocenters. The molecule has 0 fully saturated rings. The molecule has 2 aliphatic rings. The van der Waals surface area contributed by atoms with E-state index in [9.17, 15) is 0 Å². The molecule has 4 heterocycles. The van der Waals surface area contributed by atoms with Gasteiger partial charge in [0.2, 0.25) is 0 Å². The molecule has 0 bridgehead atoms. The van der Waals surface area contributed by atoms with Crippen molar-refractivity contribution in [1.29, 1.82) is 0 Å². The molecule has 0 aliphatic carbocycles. The Bertz CT molecular complexity index is 2350. The van der Waals surface area contributed by atoms with Crippen LogP contribution in [0.15, 0.2) is 110 Å². The second-order valence-electron chi connectivity index (χ2n) is 13.9. The second-order valence-corrected chi connectivity index (χ2v) is 13.9. The smallest absolute Gasteiger partial charge is 0.143 e. The zero-order chi connectivity index (χ0) is 37.1. The Morgan fingerprint density at radius 1 is 0.446 bits per heavy atom. The van der Waals surface area contributed by atoms with Gasteiger partial charge in [-0.3, -0.25) is 0 Å². The maximum Gasteiger partial charge on any atom is 0.143 e. The minimum absolute atomic E-state index is 0. The van der Waals surface area contributed by atoms with Crippen LogP contribution in [0.2, 0.25) is 0 Å². The van der Waals surface area contributed by atoms with Crippen molar-refractivity contribution in [3.05, 3.63) is 157 Å². The van der Waals surface area contributed by atoms with E-state index in [1.165, 1.54) is 55.6 Å². The number of anilines is 6. The molecule has 2 radical (unpaired) electrons. The zero-order valence-corrected chi connectivity index (χ0v) is 36.6. The van der Waals surface area contributed by atoms with Crippen LogP contribution in [0.1, 0.15) is 22.3 Å². The molecule has 0 atom stereocenters. The fourth-order valence-electron chi connectivity index (χ4n) is 7.90. The van der Waals surface area contributed by atoms with E-state index in [0.29, 0.717) is 0 Å². The van der Waals surface area contributed by atoms with E-state index in [2.05, 4.69) is 145 Å². The van der Waals surface area contributed by atoms with Crippen molar-refractivity contribution in [3.8, 4) is 44.5 Å². The summed E-state index contributed by atoms with van der Waals surface area (Å²) >= 11 is 0. The van der Waals surface area contributed by atoms with Crippen molar-refractivity contribution < 1.29 is 40.2 Å². The Hall–Kier alpha value is -5.24. The van der Waals surface area contributed by atoms with Gasteiger partial charge in [0.05, 0.1) is 0 Å². The van der Waals surface area contributed by atoms with Gasteiger partial charge in [-0.25, -0.2) is 19.9 Å². The monoisotopic (exact) mass is 1090 g/mol. The van der Waals surface area contributed by atoms with E-state index < -0.39 is 0 Å². The van der Waals surface area contributed by atoms with Crippen LogP contribution in [-0.4, -0.2) is 34.0 Å². The molecule has 2 aliphatic heterocycles. The van der Waals surface area contributed by atoms with Crippen LogP contribution >= 0.6 is 0 Å². The fourth-order valence-corrected chi connectivity index (χ4v) is 7.90. The second kappa shape index (κ2) is 15.7. The maximum absolute atomic E-state index is 4.58. The number of benzene rings is 5. The van der Waals surface area contributed by atoms with Gasteiger partial charge in [-0.15, -0.1) is 48.0 Å². The maximum atomic E-state index is 4.58. The van der Waals surface area contributed by atoms with Gasteiger partial charge < -0.3 is 19.6 Å². The van der Waals surface area contributed by atoms with Crippen molar-refractivity contribution in [2.45, 2.75) is 27.7 Å². The molecule has 0 amide bonds. The summed E-state index contributed by atoms with van der Waals surface area (Å²) in [5.74, 6) is 3.25. The van der Waals surface area contributed by atoms with Crippen LogP contribution in [0, 0.1) is 53.2 Å². The van der Waals surface area contributed by atoms with E-state index in [1.807, 2.05) is 47.0 Å². The Morgan fingerprint density at radius 3 is 1.12 bits per heavy atom. The number of nitrogens with zero attached hydrogens (tertiary/aromatic N) is 8. The molecule has 0 spiro atoms. The van der Waals surface area contributed by atoms with E-state index in [0.717, 1.165) is 45.8 Å². The molecule has 7 aromatic rings. The summed E-state index contributed by atoms with van der Waals surface area (Å²) < 4.78 is 0. The summed E-state index contributed by atoms with van der Waals surface area (Å²) in [6.45, 7) is 13.0. The normalized spacial score (nSPS) is 13.0. The Morgan fingerprint density at radius 2 is 0.786 bits per heavy atom. The van der Waals surface area contributed by atoms with Crippen molar-refractivity contribution in [2.75, 3.05) is 33.7 Å². The predicted octanol–water partition coefficient (Wildman–Crippen LogP) is 10.2. The minimum Gasteiger partial charge on any atom is -0.487 e. The van der Waals surface area contributed by atoms with E-state index in [4.69, 9.17) is 0 Å². The van der Waals surface area contributed by atoms with Gasteiger partial charge in [0.15, 0.2) is 0 Å². The quantitative estimate of drug-likeness (QED) is 0.153. The van der Waals surface area contributed by atoms with Crippen molar-refractivity contribution >= 4 is 34.6 Å². The summed E-state index contributed by atoms with van der Waals surface area (Å²) in [6.07, 6.45) is 6.88. The van der Waals surface area contributed by atoms with Crippen molar-refractivity contribution in [2.24, 2.45) is 0 Å². The van der Waals surface area contributed by atoms with Crippen LogP contribution in [0.4, 0.5) is 34.6 Å². The molecular formula is C46H38Ir2N8-4. The summed E-state index contributed by atoms with van der Waals surface area (Å²) in [5, 5.41) is 0. The first kappa shape index (κ1) is 39.0. The van der Waals surface area contributed by atoms with E-state index in [1.54, 1.807) is 24.8 Å². The molecule has 0 saturated carbocycles. The number of aromatic nitrogens is 4. The van der Waals surface area contributed by atoms with Crippen LogP contribution in [0.25, 0.3) is 44.5 Å². The Kier molecular flexibility index (Phi) is 10.9. The number of fused-ring (bicyclic) bond motifs is 2. The van der Waals surface area contributed by atoms with Gasteiger partial charge >= 0.3 is 0 Å². The molecular weight excluding hydrogens is 1050 g/mol. The third-order valence-electron chi connectivity index (χ3n) is 10.8. The topological polar surface area (TPSA) is 64.5 Å². The molecule has 0 N–H and O–H groups in total. The van der Waals surface area contributed by atoms with Crippen LogP contribution in [-0.2, 0) is 40.2 Å². The number of rotatable bonds is 6. The first-order chi connectivity index (χ1) is 26.3. The van der Waals surface area contributed by atoms with Gasteiger partial charge in [-0.05, 0) is 86.3 Å². The van der Waals surface area contributed by atoms with Gasteiger partial charge in [-0.2, -0.15) is 36.4 Å². The van der Waals surface area contributed by atoms with Crippen molar-refractivity contribution in [1.82, 2.24) is 19.9 Å². The average Bonchev–Trinajstić information content (AvgIpc) is 3.74. The van der Waals surface area contributed by atoms with Gasteiger partial charge in [0, 0.05) is 65.0 Å². The standard InChI is InChI=1S/C46H38N8.2Ir/c1-29-30(2)42(40-14-10-8-12-38(40)34-17-21-36(22-18-34)54-28-52(6)44-46(54)50-26-24-48-44)32(4)31(3)41(29)39-13-9-7-11-37(39)33-15-19-35(20-16-33)53-27-51(5)43-45(53)49-25-23-47-43;;/h7-19,21,23-28H,1-6H3;;/q-4;;. The molecule has 5 aromatic carbocycles. The van der Waals surface area contributed by atoms with E-state index >= 15 is 0 Å². The third-order valence-corrected chi connectivity index (χ3v) is 10.8. The SMILES string of the molecule is Cc1c(C)c(-c2ccccc2-c2c[c-]c(N3[CH-]N(C)c4nccnc43)cc2)c(C)c(C)c1-c1ccccc1-c1c[c-]c(N2[CH-]N(C)c3nccnc32)cc1.[Ir].[Ir]. The van der Waals surface area contributed by atoms with E-state index in [-0.39, 0.29) is 40.2 Å². The molecule has 9 rings (SSSR count). The Labute approximate surface area is 356 Å². The molecule has 2 aromatic heterocycles. The molecule has 284 valence electrons. The molecule has 0 saturated heterocycles. The Balaban J connectivity index is 0.00000240. The summed E-state index contributed by atoms with van der Waals surface area (Å²) in [6, 6.07) is 37.2. The van der Waals surface area contributed by atoms with Gasteiger partial charge in [0.25, 0.3) is 0 Å². The fraction of sp³-hybridized carbons (Fsp3) is 0.130. The van der Waals surface area contributed by atoms with Gasteiger partial charge in [-0.1, -0.05) is 59.7 Å². The number of hydrogen-bond donors (Lipinski definition) is 0. The summed E-state index contributed by atoms with van der Waals surface area (Å²) in [7, 11) is 3.96. The number of hydrogen-bond acceptors (Lipinski definition) is 8. The van der Waals surface area contributed by atoms with Crippen LogP contribution < -0.4 is 19.6 Å². The van der Waals surface area contributed by atoms with Gasteiger partial charge in [0.1, 0.15) is 23.3 Å². The zero-order valence-electron chi connectivity index (χ0n) is 31.8. The first-order valence-corrected chi connectivity index (χ1v) is 18.0. The van der Waals surface area contributed by atoms with Crippen LogP contribution in [0.3, 0.4) is 0 Å². The minimum atomic E-state index is 0. The summed E-state index contributed by atoms with van der Waals surface area (Å²) in [4.78, 5) is 26.2. The largest absolute Gasteiger partial charge is 0.487 e. The third kappa shape index (κ3) is 6.50.